The normalized spacial score (nSPS) is 49.4. The molecule has 0 spiro atoms. The maximum Gasteiger partial charge on any atom is 0.305 e. The fraction of sp³-hybridized carbons (Fsp3) is 0.917. The predicted octanol–water partition coefficient (Wildman–Crippen LogP) is 1.06. The predicted molar refractivity (Wildman–Crippen MR) is 57.3 cm³/mol. The van der Waals surface area contributed by atoms with Gasteiger partial charge in [-0.05, 0) is 30.6 Å². The van der Waals surface area contributed by atoms with E-state index in [0.717, 1.165) is 6.42 Å². The monoisotopic (exact) mass is 228 g/mol. The topological polar surface area (TPSA) is 66.8 Å². The molecule has 3 aliphatic carbocycles. The molecule has 0 aromatic rings. The van der Waals surface area contributed by atoms with Crippen molar-refractivity contribution in [1.82, 2.24) is 0 Å². The van der Waals surface area contributed by atoms with E-state index in [9.17, 15) is 15.0 Å². The third kappa shape index (κ3) is 1.26. The van der Waals surface area contributed by atoms with Crippen molar-refractivity contribution in [2.24, 2.45) is 17.3 Å². The van der Waals surface area contributed by atoms with Gasteiger partial charge in [0, 0.05) is 13.3 Å². The van der Waals surface area contributed by atoms with Gasteiger partial charge in [-0.1, -0.05) is 13.8 Å². The summed E-state index contributed by atoms with van der Waals surface area (Å²) in [7, 11) is 0. The van der Waals surface area contributed by atoms with Crippen molar-refractivity contribution in [2.75, 3.05) is 0 Å². The van der Waals surface area contributed by atoms with Crippen LogP contribution in [0.2, 0.25) is 0 Å². The Morgan fingerprint density at radius 2 is 1.88 bits per heavy atom. The van der Waals surface area contributed by atoms with Gasteiger partial charge in [0.2, 0.25) is 5.79 Å². The van der Waals surface area contributed by atoms with Crippen LogP contribution in [0.5, 0.6) is 0 Å². The van der Waals surface area contributed by atoms with Crippen LogP contribution in [0.3, 0.4) is 0 Å². The van der Waals surface area contributed by atoms with Gasteiger partial charge in [0.05, 0.1) is 0 Å². The SMILES string of the molecule is CC(=O)OC1(O)CC2CC(C2(C)C)C1(C)O. The van der Waals surface area contributed by atoms with Crippen molar-refractivity contribution < 1.29 is 19.7 Å². The first-order valence-electron chi connectivity index (χ1n) is 5.75. The van der Waals surface area contributed by atoms with Crippen LogP contribution in [-0.4, -0.2) is 27.6 Å². The summed E-state index contributed by atoms with van der Waals surface area (Å²) in [5.74, 6) is -1.99. The number of hydrogen-bond acceptors (Lipinski definition) is 4. The fourth-order valence-electron chi connectivity index (χ4n) is 3.51. The van der Waals surface area contributed by atoms with Crippen molar-refractivity contribution in [3.63, 3.8) is 0 Å². The van der Waals surface area contributed by atoms with Crippen LogP contribution >= 0.6 is 0 Å². The van der Waals surface area contributed by atoms with Gasteiger partial charge in [0.1, 0.15) is 5.60 Å². The number of carbonyl (C=O) groups is 1. The summed E-state index contributed by atoms with van der Waals surface area (Å²) in [6, 6.07) is 0. The van der Waals surface area contributed by atoms with Gasteiger partial charge < -0.3 is 14.9 Å². The van der Waals surface area contributed by atoms with Gasteiger partial charge in [0.25, 0.3) is 0 Å². The first-order valence-corrected chi connectivity index (χ1v) is 5.75. The molecule has 4 atom stereocenters. The standard InChI is InChI=1S/C12H20O4/c1-7(13)16-12(15)6-8-5-9(10(8,2)3)11(12,4)14/h8-9,14-15H,5-6H2,1-4H3. The molecule has 3 rings (SSSR count). The average Bonchev–Trinajstić information content (AvgIpc) is 2.07. The molecule has 4 nitrogen and oxygen atoms in total. The molecule has 0 heterocycles. The van der Waals surface area contributed by atoms with Crippen LogP contribution in [0.4, 0.5) is 0 Å². The first kappa shape index (κ1) is 11.9. The van der Waals surface area contributed by atoms with E-state index in [1.807, 2.05) is 0 Å². The maximum absolute atomic E-state index is 11.0. The lowest BCUT2D eigenvalue weighted by atomic mass is 9.42. The van der Waals surface area contributed by atoms with Gasteiger partial charge in [-0.2, -0.15) is 0 Å². The van der Waals surface area contributed by atoms with Crippen LogP contribution in [-0.2, 0) is 9.53 Å². The molecule has 0 amide bonds. The van der Waals surface area contributed by atoms with Gasteiger partial charge in [-0.3, -0.25) is 4.79 Å². The van der Waals surface area contributed by atoms with Crippen molar-refractivity contribution in [2.45, 2.75) is 51.9 Å². The molecule has 4 heteroatoms. The van der Waals surface area contributed by atoms with Crippen LogP contribution in [0.25, 0.3) is 0 Å². The molecular weight excluding hydrogens is 208 g/mol. The Balaban J connectivity index is 2.30. The van der Waals surface area contributed by atoms with Gasteiger partial charge in [-0.15, -0.1) is 0 Å². The zero-order chi connectivity index (χ0) is 12.4. The first-order chi connectivity index (χ1) is 7.11. The summed E-state index contributed by atoms with van der Waals surface area (Å²) < 4.78 is 4.95. The minimum absolute atomic E-state index is 0.00980. The summed E-state index contributed by atoms with van der Waals surface area (Å²) in [6.07, 6.45) is 1.21. The van der Waals surface area contributed by atoms with E-state index in [0.29, 0.717) is 12.3 Å². The Morgan fingerprint density at radius 1 is 1.31 bits per heavy atom. The molecule has 3 aliphatic rings. The largest absolute Gasteiger partial charge is 0.430 e. The molecule has 92 valence electrons. The Hall–Kier alpha value is -0.610. The second-order valence-corrected chi connectivity index (χ2v) is 6.04. The van der Waals surface area contributed by atoms with Gasteiger partial charge in [-0.25, -0.2) is 0 Å². The van der Waals surface area contributed by atoms with Gasteiger partial charge in [0.15, 0.2) is 0 Å². The van der Waals surface area contributed by atoms with Crippen molar-refractivity contribution in [1.29, 1.82) is 0 Å². The highest BCUT2D eigenvalue weighted by Crippen LogP contribution is 2.65. The highest BCUT2D eigenvalue weighted by molar-refractivity contribution is 5.66. The molecule has 2 bridgehead atoms. The zero-order valence-corrected chi connectivity index (χ0v) is 10.3. The van der Waals surface area contributed by atoms with E-state index in [4.69, 9.17) is 4.74 Å². The van der Waals surface area contributed by atoms with E-state index in [2.05, 4.69) is 13.8 Å². The smallest absolute Gasteiger partial charge is 0.305 e. The van der Waals surface area contributed by atoms with E-state index in [-0.39, 0.29) is 11.3 Å². The lowest BCUT2D eigenvalue weighted by molar-refractivity contribution is -0.367. The third-order valence-electron chi connectivity index (χ3n) is 4.78. The third-order valence-corrected chi connectivity index (χ3v) is 4.78. The van der Waals surface area contributed by atoms with Gasteiger partial charge >= 0.3 is 5.97 Å². The van der Waals surface area contributed by atoms with E-state index in [1.54, 1.807) is 6.92 Å². The van der Waals surface area contributed by atoms with Crippen LogP contribution in [0.1, 0.15) is 40.5 Å². The molecule has 3 fully saturated rings. The van der Waals surface area contributed by atoms with E-state index < -0.39 is 17.4 Å². The minimum Gasteiger partial charge on any atom is -0.430 e. The van der Waals surface area contributed by atoms with E-state index >= 15 is 0 Å². The Bertz CT molecular complexity index is 334. The molecule has 4 unspecified atom stereocenters. The second-order valence-electron chi connectivity index (χ2n) is 6.04. The highest BCUT2D eigenvalue weighted by atomic mass is 16.7. The molecule has 0 radical (unpaired) electrons. The molecule has 2 N–H and O–H groups in total. The number of hydrogen-bond donors (Lipinski definition) is 2. The molecule has 16 heavy (non-hydrogen) atoms. The average molecular weight is 228 g/mol. The highest BCUT2D eigenvalue weighted by Gasteiger charge is 2.70. The summed E-state index contributed by atoms with van der Waals surface area (Å²) in [5, 5.41) is 20.8. The quantitative estimate of drug-likeness (QED) is 0.520. The number of rotatable bonds is 1. The van der Waals surface area contributed by atoms with Crippen molar-refractivity contribution in [3.8, 4) is 0 Å². The summed E-state index contributed by atoms with van der Waals surface area (Å²) in [4.78, 5) is 11.0. The molecule has 0 aliphatic heterocycles. The number of aliphatic hydroxyl groups is 2. The van der Waals surface area contributed by atoms with Crippen LogP contribution in [0.15, 0.2) is 0 Å². The Morgan fingerprint density at radius 3 is 2.25 bits per heavy atom. The summed E-state index contributed by atoms with van der Waals surface area (Å²) >= 11 is 0. The number of fused-ring (bicyclic) bond motifs is 2. The maximum atomic E-state index is 11.0. The van der Waals surface area contributed by atoms with Crippen molar-refractivity contribution in [3.05, 3.63) is 0 Å². The lowest BCUT2D eigenvalue weighted by Crippen LogP contribution is -2.73. The summed E-state index contributed by atoms with van der Waals surface area (Å²) in [5.41, 5.74) is -1.35. The molecular formula is C12H20O4. The van der Waals surface area contributed by atoms with Crippen molar-refractivity contribution >= 4 is 5.97 Å². The second kappa shape index (κ2) is 2.99. The lowest BCUT2D eigenvalue weighted by Gasteiger charge is -2.66. The molecule has 0 aromatic carbocycles. The number of esters is 1. The summed E-state index contributed by atoms with van der Waals surface area (Å²) in [6.45, 7) is 7.00. The zero-order valence-electron chi connectivity index (χ0n) is 10.3. The fourth-order valence-corrected chi connectivity index (χ4v) is 3.51. The van der Waals surface area contributed by atoms with E-state index in [1.165, 1.54) is 6.92 Å². The minimum atomic E-state index is -1.72. The number of ether oxygens (including phenoxy) is 1. The van der Waals surface area contributed by atoms with Crippen LogP contribution in [0, 0.1) is 17.3 Å². The molecule has 0 saturated heterocycles. The Labute approximate surface area is 95.6 Å². The molecule has 0 aromatic heterocycles. The van der Waals surface area contributed by atoms with Crippen LogP contribution < -0.4 is 0 Å². The molecule has 3 saturated carbocycles. The Kier molecular flexibility index (Phi) is 2.21. The number of carbonyl (C=O) groups excluding carboxylic acids is 1.